The first-order chi connectivity index (χ1) is 8.72. The largest absolute Gasteiger partial charge is 0.469 e. The summed E-state index contributed by atoms with van der Waals surface area (Å²) in [6.45, 7) is 0.496. The summed E-state index contributed by atoms with van der Waals surface area (Å²) in [5.74, 6) is 0.864. The molecule has 0 spiro atoms. The highest BCUT2D eigenvalue weighted by Crippen LogP contribution is 2.30. The highest BCUT2D eigenvalue weighted by Gasteiger charge is 2.25. The number of carbonyl (C=O) groups is 1. The lowest BCUT2D eigenvalue weighted by Crippen LogP contribution is -2.43. The molecular weight excluding hydrogens is 232 g/mol. The fourth-order valence-corrected chi connectivity index (χ4v) is 2.29. The van der Waals surface area contributed by atoms with Gasteiger partial charge in [-0.15, -0.1) is 0 Å². The number of hydrogen-bond donors (Lipinski definition) is 2. The molecule has 18 heavy (non-hydrogen) atoms. The van der Waals surface area contributed by atoms with E-state index < -0.39 is 6.04 Å². The Morgan fingerprint density at radius 2 is 2.56 bits per heavy atom. The van der Waals surface area contributed by atoms with E-state index in [4.69, 9.17) is 14.9 Å². The second-order valence-electron chi connectivity index (χ2n) is 4.64. The maximum Gasteiger partial charge on any atom is 0.237 e. The molecule has 0 fully saturated rings. The van der Waals surface area contributed by atoms with Gasteiger partial charge in [-0.05, 0) is 25.3 Å². The SMILES string of the molecule is COCCC(N)C(=O)NC1CCCc2occc21. The number of hydrogen-bond acceptors (Lipinski definition) is 4. The van der Waals surface area contributed by atoms with Crippen molar-refractivity contribution in [1.29, 1.82) is 0 Å². The van der Waals surface area contributed by atoms with Crippen molar-refractivity contribution in [3.8, 4) is 0 Å². The van der Waals surface area contributed by atoms with Crippen LogP contribution in [0.4, 0.5) is 0 Å². The summed E-state index contributed by atoms with van der Waals surface area (Å²) < 4.78 is 10.3. The van der Waals surface area contributed by atoms with Gasteiger partial charge in [0.25, 0.3) is 0 Å². The quantitative estimate of drug-likeness (QED) is 0.823. The van der Waals surface area contributed by atoms with Crippen molar-refractivity contribution in [2.45, 2.75) is 37.8 Å². The molecule has 1 amide bonds. The Labute approximate surface area is 107 Å². The van der Waals surface area contributed by atoms with Crippen LogP contribution in [-0.2, 0) is 16.0 Å². The summed E-state index contributed by atoms with van der Waals surface area (Å²) in [6, 6.07) is 1.45. The molecule has 100 valence electrons. The molecule has 2 rings (SSSR count). The number of nitrogens with two attached hydrogens (primary N) is 1. The minimum atomic E-state index is -0.512. The second kappa shape index (κ2) is 6.02. The van der Waals surface area contributed by atoms with Gasteiger partial charge >= 0.3 is 0 Å². The minimum absolute atomic E-state index is 0.0357. The number of ether oxygens (including phenoxy) is 1. The van der Waals surface area contributed by atoms with Crippen LogP contribution in [0.5, 0.6) is 0 Å². The molecule has 5 heteroatoms. The van der Waals surface area contributed by atoms with E-state index in [9.17, 15) is 4.79 Å². The fraction of sp³-hybridized carbons (Fsp3) is 0.615. The molecule has 0 aliphatic heterocycles. The van der Waals surface area contributed by atoms with E-state index in [1.54, 1.807) is 13.4 Å². The zero-order valence-electron chi connectivity index (χ0n) is 10.6. The molecule has 1 aromatic heterocycles. The number of carbonyl (C=O) groups excluding carboxylic acids is 1. The molecule has 3 N–H and O–H groups in total. The first kappa shape index (κ1) is 13.1. The zero-order chi connectivity index (χ0) is 13.0. The number of rotatable bonds is 5. The number of amides is 1. The van der Waals surface area contributed by atoms with Crippen molar-refractivity contribution in [3.05, 3.63) is 23.7 Å². The summed E-state index contributed by atoms with van der Waals surface area (Å²) in [4.78, 5) is 11.9. The van der Waals surface area contributed by atoms with Crippen molar-refractivity contribution in [3.63, 3.8) is 0 Å². The molecule has 0 saturated carbocycles. The van der Waals surface area contributed by atoms with Crippen LogP contribution in [0.15, 0.2) is 16.7 Å². The van der Waals surface area contributed by atoms with Crippen molar-refractivity contribution < 1.29 is 13.9 Å². The van der Waals surface area contributed by atoms with Crippen LogP contribution >= 0.6 is 0 Å². The van der Waals surface area contributed by atoms with Crippen LogP contribution in [-0.4, -0.2) is 25.7 Å². The van der Waals surface area contributed by atoms with E-state index in [-0.39, 0.29) is 11.9 Å². The molecule has 0 bridgehead atoms. The predicted octanol–water partition coefficient (Wildman–Crippen LogP) is 1.14. The Morgan fingerprint density at radius 3 is 3.33 bits per heavy atom. The standard InChI is InChI=1S/C13H20N2O3/c1-17-7-6-10(14)13(16)15-11-3-2-4-12-9(11)5-8-18-12/h5,8,10-11H,2-4,6-7,14H2,1H3,(H,15,16). The Bertz CT molecular complexity index is 403. The summed E-state index contributed by atoms with van der Waals surface area (Å²) in [7, 11) is 1.60. The molecule has 0 radical (unpaired) electrons. The molecule has 0 saturated heterocycles. The number of methoxy groups -OCH3 is 1. The van der Waals surface area contributed by atoms with Gasteiger partial charge in [0.15, 0.2) is 0 Å². The van der Waals surface area contributed by atoms with Crippen molar-refractivity contribution in [1.82, 2.24) is 5.32 Å². The topological polar surface area (TPSA) is 77.5 Å². The second-order valence-corrected chi connectivity index (χ2v) is 4.64. The van der Waals surface area contributed by atoms with E-state index in [1.165, 1.54) is 0 Å². The molecular formula is C13H20N2O3. The fourth-order valence-electron chi connectivity index (χ4n) is 2.29. The maximum atomic E-state index is 11.9. The molecule has 1 aliphatic carbocycles. The lowest BCUT2D eigenvalue weighted by Gasteiger charge is -2.24. The average molecular weight is 252 g/mol. The Morgan fingerprint density at radius 1 is 1.72 bits per heavy atom. The van der Waals surface area contributed by atoms with Gasteiger partial charge in [-0.2, -0.15) is 0 Å². The van der Waals surface area contributed by atoms with Crippen LogP contribution in [0.3, 0.4) is 0 Å². The van der Waals surface area contributed by atoms with Gasteiger partial charge in [-0.3, -0.25) is 4.79 Å². The van der Waals surface area contributed by atoms with Crippen molar-refractivity contribution >= 4 is 5.91 Å². The number of aryl methyl sites for hydroxylation is 1. The smallest absolute Gasteiger partial charge is 0.237 e. The van der Waals surface area contributed by atoms with Crippen molar-refractivity contribution in [2.24, 2.45) is 5.73 Å². The van der Waals surface area contributed by atoms with E-state index in [0.29, 0.717) is 13.0 Å². The van der Waals surface area contributed by atoms with E-state index in [2.05, 4.69) is 5.32 Å². The molecule has 2 atom stereocenters. The normalized spacial score (nSPS) is 20.2. The lowest BCUT2D eigenvalue weighted by molar-refractivity contribution is -0.123. The van der Waals surface area contributed by atoms with E-state index in [0.717, 1.165) is 30.6 Å². The molecule has 1 aliphatic rings. The molecule has 0 aromatic carbocycles. The van der Waals surface area contributed by atoms with Crippen LogP contribution in [0.2, 0.25) is 0 Å². The van der Waals surface area contributed by atoms with E-state index >= 15 is 0 Å². The molecule has 1 aromatic rings. The third-order valence-corrected chi connectivity index (χ3v) is 3.34. The van der Waals surface area contributed by atoms with Crippen molar-refractivity contribution in [2.75, 3.05) is 13.7 Å². The number of fused-ring (bicyclic) bond motifs is 1. The molecule has 2 unspecified atom stereocenters. The highest BCUT2D eigenvalue weighted by atomic mass is 16.5. The van der Waals surface area contributed by atoms with Gasteiger partial charge in [-0.25, -0.2) is 0 Å². The maximum absolute atomic E-state index is 11.9. The Balaban J connectivity index is 1.93. The Hall–Kier alpha value is -1.33. The summed E-state index contributed by atoms with van der Waals surface area (Å²) in [5, 5.41) is 2.99. The summed E-state index contributed by atoms with van der Waals surface area (Å²) in [5.41, 5.74) is 6.89. The minimum Gasteiger partial charge on any atom is -0.469 e. The van der Waals surface area contributed by atoms with Crippen LogP contribution < -0.4 is 11.1 Å². The van der Waals surface area contributed by atoms with Gasteiger partial charge in [0, 0.05) is 25.7 Å². The first-order valence-electron chi connectivity index (χ1n) is 6.33. The number of furan rings is 1. The van der Waals surface area contributed by atoms with Gasteiger partial charge in [-0.1, -0.05) is 0 Å². The molecule has 1 heterocycles. The summed E-state index contributed by atoms with van der Waals surface area (Å²) in [6.07, 6.45) is 5.13. The van der Waals surface area contributed by atoms with Gasteiger partial charge in [0.05, 0.1) is 18.3 Å². The Kier molecular flexibility index (Phi) is 4.38. The third-order valence-electron chi connectivity index (χ3n) is 3.34. The zero-order valence-corrected chi connectivity index (χ0v) is 10.6. The van der Waals surface area contributed by atoms with Crippen LogP contribution in [0.25, 0.3) is 0 Å². The lowest BCUT2D eigenvalue weighted by atomic mass is 9.93. The van der Waals surface area contributed by atoms with Gasteiger partial charge in [0.2, 0.25) is 5.91 Å². The summed E-state index contributed by atoms with van der Waals surface area (Å²) >= 11 is 0. The molecule has 5 nitrogen and oxygen atoms in total. The average Bonchev–Trinajstić information content (AvgIpc) is 2.85. The van der Waals surface area contributed by atoms with Crippen LogP contribution in [0.1, 0.15) is 36.6 Å². The van der Waals surface area contributed by atoms with Gasteiger partial charge in [0.1, 0.15) is 5.76 Å². The number of nitrogens with one attached hydrogen (secondary N) is 1. The van der Waals surface area contributed by atoms with E-state index in [1.807, 2.05) is 6.07 Å². The monoisotopic (exact) mass is 252 g/mol. The van der Waals surface area contributed by atoms with Crippen LogP contribution in [0, 0.1) is 0 Å². The van der Waals surface area contributed by atoms with Gasteiger partial charge < -0.3 is 20.2 Å². The highest BCUT2D eigenvalue weighted by molar-refractivity contribution is 5.81. The predicted molar refractivity (Wildman–Crippen MR) is 67.0 cm³/mol. The third kappa shape index (κ3) is 2.91. The first-order valence-corrected chi connectivity index (χ1v) is 6.33.